The topological polar surface area (TPSA) is 3.24 Å². The molecule has 0 aromatic rings. The summed E-state index contributed by atoms with van der Waals surface area (Å²) in [4.78, 5) is 2.76. The maximum absolute atomic E-state index is 4.27. The highest BCUT2D eigenvalue weighted by atomic mass is 32.1. The van der Waals surface area contributed by atoms with Crippen LogP contribution in [0.5, 0.6) is 0 Å². The van der Waals surface area contributed by atoms with Gasteiger partial charge in [0.2, 0.25) is 0 Å². The summed E-state index contributed by atoms with van der Waals surface area (Å²) in [7, 11) is 0. The zero-order chi connectivity index (χ0) is 11.8. The van der Waals surface area contributed by atoms with Gasteiger partial charge in [0.25, 0.3) is 0 Å². The fourth-order valence-corrected chi connectivity index (χ4v) is 2.99. The van der Waals surface area contributed by atoms with E-state index >= 15 is 0 Å². The van der Waals surface area contributed by atoms with Crippen molar-refractivity contribution in [3.8, 4) is 0 Å². The van der Waals surface area contributed by atoms with E-state index < -0.39 is 0 Å². The Morgan fingerprint density at radius 1 is 1.12 bits per heavy atom. The van der Waals surface area contributed by atoms with Crippen molar-refractivity contribution < 1.29 is 0 Å². The monoisotopic (exact) mass is 243 g/mol. The first-order valence-corrected chi connectivity index (χ1v) is 7.72. The SMILES string of the molecule is CC(C)CN(CCCCCS)C1CCCC1. The lowest BCUT2D eigenvalue weighted by molar-refractivity contribution is 0.174. The van der Waals surface area contributed by atoms with Crippen molar-refractivity contribution in [1.82, 2.24) is 4.90 Å². The Morgan fingerprint density at radius 3 is 2.38 bits per heavy atom. The highest BCUT2D eigenvalue weighted by Gasteiger charge is 2.22. The minimum Gasteiger partial charge on any atom is -0.300 e. The van der Waals surface area contributed by atoms with E-state index in [2.05, 4.69) is 31.4 Å². The van der Waals surface area contributed by atoms with Crippen molar-refractivity contribution in [2.75, 3.05) is 18.8 Å². The third-order valence-electron chi connectivity index (χ3n) is 3.54. The lowest BCUT2D eigenvalue weighted by Gasteiger charge is -2.30. The van der Waals surface area contributed by atoms with Crippen LogP contribution < -0.4 is 0 Å². The first-order chi connectivity index (χ1) is 7.74. The lowest BCUT2D eigenvalue weighted by Crippen LogP contribution is -2.37. The molecule has 0 atom stereocenters. The molecule has 0 aromatic heterocycles. The smallest absolute Gasteiger partial charge is 0.00953 e. The molecule has 2 heteroatoms. The Morgan fingerprint density at radius 2 is 1.81 bits per heavy atom. The van der Waals surface area contributed by atoms with E-state index in [0.717, 1.165) is 17.7 Å². The number of hydrogen-bond acceptors (Lipinski definition) is 2. The van der Waals surface area contributed by atoms with E-state index in [-0.39, 0.29) is 0 Å². The Hall–Kier alpha value is 0.310. The molecule has 0 radical (unpaired) electrons. The predicted octanol–water partition coefficient (Wildman–Crippen LogP) is 3.99. The molecule has 96 valence electrons. The van der Waals surface area contributed by atoms with Crippen molar-refractivity contribution in [1.29, 1.82) is 0 Å². The standard InChI is InChI=1S/C14H29NS/c1-13(2)12-15(10-6-3-7-11-16)14-8-4-5-9-14/h13-14,16H,3-12H2,1-2H3. The van der Waals surface area contributed by atoms with E-state index in [1.807, 2.05) is 0 Å². The third kappa shape index (κ3) is 5.58. The molecule has 0 heterocycles. The van der Waals surface area contributed by atoms with Gasteiger partial charge in [0, 0.05) is 12.6 Å². The van der Waals surface area contributed by atoms with Gasteiger partial charge in [-0.05, 0) is 43.9 Å². The molecule has 1 fully saturated rings. The maximum atomic E-state index is 4.27. The van der Waals surface area contributed by atoms with Crippen molar-refractivity contribution in [2.24, 2.45) is 5.92 Å². The zero-order valence-corrected chi connectivity index (χ0v) is 12.0. The summed E-state index contributed by atoms with van der Waals surface area (Å²) in [5.41, 5.74) is 0. The molecule has 0 amide bonds. The predicted molar refractivity (Wildman–Crippen MR) is 76.4 cm³/mol. The normalized spacial score (nSPS) is 17.8. The number of nitrogens with zero attached hydrogens (tertiary/aromatic N) is 1. The molecule has 0 saturated heterocycles. The van der Waals surface area contributed by atoms with Crippen LogP contribution in [-0.4, -0.2) is 29.8 Å². The summed E-state index contributed by atoms with van der Waals surface area (Å²) in [5, 5.41) is 0. The molecule has 1 aliphatic carbocycles. The molecule has 0 N–H and O–H groups in total. The van der Waals surface area contributed by atoms with Crippen LogP contribution in [0.2, 0.25) is 0 Å². The molecule has 16 heavy (non-hydrogen) atoms. The summed E-state index contributed by atoms with van der Waals surface area (Å²) in [6.45, 7) is 7.30. The van der Waals surface area contributed by atoms with E-state index in [9.17, 15) is 0 Å². The first-order valence-electron chi connectivity index (χ1n) is 7.09. The van der Waals surface area contributed by atoms with Crippen LogP contribution in [0.25, 0.3) is 0 Å². The third-order valence-corrected chi connectivity index (χ3v) is 3.86. The molecule has 0 aromatic carbocycles. The van der Waals surface area contributed by atoms with E-state index in [1.54, 1.807) is 0 Å². The average molecular weight is 243 g/mol. The molecular weight excluding hydrogens is 214 g/mol. The second-order valence-electron chi connectivity index (χ2n) is 5.61. The highest BCUT2D eigenvalue weighted by Crippen LogP contribution is 2.24. The summed E-state index contributed by atoms with van der Waals surface area (Å²) >= 11 is 4.27. The van der Waals surface area contributed by atoms with Gasteiger partial charge >= 0.3 is 0 Å². The van der Waals surface area contributed by atoms with Gasteiger partial charge in [-0.3, -0.25) is 0 Å². The van der Waals surface area contributed by atoms with Crippen molar-refractivity contribution in [3.63, 3.8) is 0 Å². The number of unbranched alkanes of at least 4 members (excludes halogenated alkanes) is 2. The van der Waals surface area contributed by atoms with Crippen molar-refractivity contribution in [3.05, 3.63) is 0 Å². The van der Waals surface area contributed by atoms with Gasteiger partial charge in [0.15, 0.2) is 0 Å². The van der Waals surface area contributed by atoms with Gasteiger partial charge in [0.05, 0.1) is 0 Å². The van der Waals surface area contributed by atoms with Crippen LogP contribution in [0.4, 0.5) is 0 Å². The Balaban J connectivity index is 2.25. The molecule has 1 nitrogen and oxygen atoms in total. The second-order valence-corrected chi connectivity index (χ2v) is 6.06. The molecule has 1 saturated carbocycles. The van der Waals surface area contributed by atoms with Gasteiger partial charge in [-0.2, -0.15) is 12.6 Å². The molecule has 1 rings (SSSR count). The Bertz CT molecular complexity index is 164. The fourth-order valence-electron chi connectivity index (χ4n) is 2.76. The maximum Gasteiger partial charge on any atom is 0.00953 e. The quantitative estimate of drug-likeness (QED) is 0.498. The Kier molecular flexibility index (Phi) is 7.55. The fraction of sp³-hybridized carbons (Fsp3) is 1.00. The van der Waals surface area contributed by atoms with Gasteiger partial charge in [-0.1, -0.05) is 33.1 Å². The molecule has 0 unspecified atom stereocenters. The first kappa shape index (κ1) is 14.4. The zero-order valence-electron chi connectivity index (χ0n) is 11.1. The van der Waals surface area contributed by atoms with Gasteiger partial charge in [-0.15, -0.1) is 0 Å². The minimum atomic E-state index is 0.811. The van der Waals surface area contributed by atoms with Crippen LogP contribution in [0.1, 0.15) is 58.8 Å². The molecule has 0 bridgehead atoms. The van der Waals surface area contributed by atoms with Crippen LogP contribution >= 0.6 is 12.6 Å². The summed E-state index contributed by atoms with van der Waals surface area (Å²) in [5.74, 6) is 1.86. The van der Waals surface area contributed by atoms with Crippen LogP contribution in [0.15, 0.2) is 0 Å². The minimum absolute atomic E-state index is 0.811. The lowest BCUT2D eigenvalue weighted by atomic mass is 10.1. The number of thiol groups is 1. The molecular formula is C14H29NS. The van der Waals surface area contributed by atoms with Gasteiger partial charge in [0.1, 0.15) is 0 Å². The van der Waals surface area contributed by atoms with Crippen LogP contribution in [0.3, 0.4) is 0 Å². The van der Waals surface area contributed by atoms with E-state index in [0.29, 0.717) is 0 Å². The van der Waals surface area contributed by atoms with Crippen molar-refractivity contribution in [2.45, 2.75) is 64.8 Å². The van der Waals surface area contributed by atoms with Crippen LogP contribution in [0, 0.1) is 5.92 Å². The second kappa shape index (κ2) is 8.41. The molecule has 0 aliphatic heterocycles. The van der Waals surface area contributed by atoms with E-state index in [1.165, 1.54) is 58.0 Å². The van der Waals surface area contributed by atoms with E-state index in [4.69, 9.17) is 0 Å². The summed E-state index contributed by atoms with van der Waals surface area (Å²) in [6.07, 6.45) is 9.79. The average Bonchev–Trinajstić information content (AvgIpc) is 2.75. The Labute approximate surface area is 107 Å². The van der Waals surface area contributed by atoms with Gasteiger partial charge < -0.3 is 4.90 Å². The summed E-state index contributed by atoms with van der Waals surface area (Å²) < 4.78 is 0. The number of rotatable bonds is 8. The van der Waals surface area contributed by atoms with Gasteiger partial charge in [-0.25, -0.2) is 0 Å². The van der Waals surface area contributed by atoms with Crippen LogP contribution in [-0.2, 0) is 0 Å². The highest BCUT2D eigenvalue weighted by molar-refractivity contribution is 7.80. The van der Waals surface area contributed by atoms with Crippen molar-refractivity contribution >= 4 is 12.6 Å². The summed E-state index contributed by atoms with van der Waals surface area (Å²) in [6, 6.07) is 0.901. The molecule has 1 aliphatic rings. The molecule has 0 spiro atoms. The number of hydrogen-bond donors (Lipinski definition) is 1. The largest absolute Gasteiger partial charge is 0.300 e.